The summed E-state index contributed by atoms with van der Waals surface area (Å²) >= 11 is 0. The van der Waals surface area contributed by atoms with Gasteiger partial charge in [0.15, 0.2) is 0 Å². The Morgan fingerprint density at radius 1 is 1.07 bits per heavy atom. The van der Waals surface area contributed by atoms with Crippen LogP contribution in [-0.2, 0) is 4.79 Å². The molecule has 84 valence electrons. The fourth-order valence-corrected chi connectivity index (χ4v) is 0. The summed E-state index contributed by atoms with van der Waals surface area (Å²) in [6.07, 6.45) is 5.25. The van der Waals surface area contributed by atoms with Crippen LogP contribution >= 0.6 is 0 Å². The molecule has 0 aromatic heterocycles. The first-order chi connectivity index (χ1) is 6.51. The molecule has 0 atom stereocenters. The number of hydrogen-bond donors (Lipinski definition) is 2. The minimum absolute atomic E-state index is 0.778. The zero-order chi connectivity index (χ0) is 12.4. The number of carboxylic acids is 1. The number of carbonyl (C=O) groups is 1. The molecule has 14 heavy (non-hydrogen) atoms. The molecule has 0 rings (SSSR count). The molecule has 3 heteroatoms. The standard InChI is InChI=1S/3C3H6.C2H4O3/c3*1-3-2;3-1-2(4)5/h3*3H,1H2,2H3;3H,1H2,(H,4,5). The number of allylic oxidation sites excluding steroid dienone is 3. The van der Waals surface area contributed by atoms with Crippen LogP contribution in [0.3, 0.4) is 0 Å². The van der Waals surface area contributed by atoms with Crippen molar-refractivity contribution in [3.63, 3.8) is 0 Å². The molecule has 0 aromatic rings. The first kappa shape index (κ1) is 22.9. The van der Waals surface area contributed by atoms with Crippen LogP contribution in [0.4, 0.5) is 0 Å². The molecule has 0 saturated heterocycles. The Morgan fingerprint density at radius 2 is 1.14 bits per heavy atom. The lowest BCUT2D eigenvalue weighted by Gasteiger charge is -1.72. The Hall–Kier alpha value is -1.35. The molecular formula is C11H22O3. The van der Waals surface area contributed by atoms with Gasteiger partial charge in [-0.1, -0.05) is 18.2 Å². The average molecular weight is 202 g/mol. The van der Waals surface area contributed by atoms with E-state index in [9.17, 15) is 0 Å². The van der Waals surface area contributed by atoms with Crippen molar-refractivity contribution < 1.29 is 15.0 Å². The van der Waals surface area contributed by atoms with Crippen molar-refractivity contribution in [2.24, 2.45) is 0 Å². The second-order valence-corrected chi connectivity index (χ2v) is 1.78. The average Bonchev–Trinajstić information content (AvgIpc) is 2.08. The SMILES string of the molecule is C=CC.C=CC.C=CC.O=C(O)CO. The molecular weight excluding hydrogens is 180 g/mol. The lowest BCUT2D eigenvalue weighted by atomic mass is 10.8. The van der Waals surface area contributed by atoms with Crippen LogP contribution in [0.2, 0.25) is 0 Å². The van der Waals surface area contributed by atoms with Crippen LogP contribution in [0.15, 0.2) is 38.0 Å². The van der Waals surface area contributed by atoms with Gasteiger partial charge in [-0.15, -0.1) is 19.7 Å². The maximum Gasteiger partial charge on any atom is 0.329 e. The van der Waals surface area contributed by atoms with Crippen molar-refractivity contribution in [1.29, 1.82) is 0 Å². The summed E-state index contributed by atoms with van der Waals surface area (Å²) in [5.74, 6) is -1.19. The van der Waals surface area contributed by atoms with E-state index >= 15 is 0 Å². The van der Waals surface area contributed by atoms with Crippen LogP contribution in [0.5, 0.6) is 0 Å². The maximum absolute atomic E-state index is 9.12. The number of aliphatic hydroxyl groups excluding tert-OH is 1. The normalized spacial score (nSPS) is 5.43. The van der Waals surface area contributed by atoms with Gasteiger partial charge in [-0.3, -0.25) is 0 Å². The van der Waals surface area contributed by atoms with Crippen molar-refractivity contribution in [2.75, 3.05) is 6.61 Å². The van der Waals surface area contributed by atoms with E-state index in [-0.39, 0.29) is 0 Å². The molecule has 0 radical (unpaired) electrons. The Kier molecular flexibility index (Phi) is 67.8. The van der Waals surface area contributed by atoms with E-state index in [1.54, 1.807) is 18.2 Å². The zero-order valence-electron chi connectivity index (χ0n) is 9.36. The molecule has 0 aliphatic rings. The monoisotopic (exact) mass is 202 g/mol. The van der Waals surface area contributed by atoms with E-state index in [4.69, 9.17) is 15.0 Å². The molecule has 3 nitrogen and oxygen atoms in total. The number of carboxylic acid groups (broad SMARTS) is 1. The first-order valence-electron chi connectivity index (χ1n) is 4.05. The molecule has 0 unspecified atom stereocenters. The summed E-state index contributed by atoms with van der Waals surface area (Å²) in [5, 5.41) is 15.0. The van der Waals surface area contributed by atoms with Crippen LogP contribution in [0.1, 0.15) is 20.8 Å². The molecule has 0 bridgehead atoms. The third kappa shape index (κ3) is 2350. The van der Waals surface area contributed by atoms with Gasteiger partial charge in [0.1, 0.15) is 6.61 Å². The molecule has 0 heterocycles. The van der Waals surface area contributed by atoms with Gasteiger partial charge in [0.25, 0.3) is 0 Å². The van der Waals surface area contributed by atoms with Gasteiger partial charge in [-0.05, 0) is 20.8 Å². The number of aliphatic carboxylic acids is 1. The second kappa shape index (κ2) is 41.4. The molecule has 0 aliphatic heterocycles. The lowest BCUT2D eigenvalue weighted by molar-refractivity contribution is -0.140. The first-order valence-corrected chi connectivity index (χ1v) is 4.05. The van der Waals surface area contributed by atoms with E-state index in [1.807, 2.05) is 20.8 Å². The van der Waals surface area contributed by atoms with Gasteiger partial charge < -0.3 is 10.2 Å². The van der Waals surface area contributed by atoms with Crippen LogP contribution < -0.4 is 0 Å². The third-order valence-electron chi connectivity index (χ3n) is 0.135. The van der Waals surface area contributed by atoms with Gasteiger partial charge in [0, 0.05) is 0 Å². The largest absolute Gasteiger partial charge is 0.480 e. The van der Waals surface area contributed by atoms with E-state index < -0.39 is 12.6 Å². The van der Waals surface area contributed by atoms with E-state index in [1.165, 1.54) is 0 Å². The van der Waals surface area contributed by atoms with Crippen LogP contribution in [-0.4, -0.2) is 22.8 Å². The number of hydrogen-bond acceptors (Lipinski definition) is 2. The fraction of sp³-hybridized carbons (Fsp3) is 0.364. The third-order valence-corrected chi connectivity index (χ3v) is 0.135. The zero-order valence-corrected chi connectivity index (χ0v) is 9.36. The van der Waals surface area contributed by atoms with Crippen molar-refractivity contribution in [3.05, 3.63) is 38.0 Å². The molecule has 0 fully saturated rings. The van der Waals surface area contributed by atoms with Gasteiger partial charge >= 0.3 is 5.97 Å². The van der Waals surface area contributed by atoms with Gasteiger partial charge in [0.2, 0.25) is 0 Å². The minimum Gasteiger partial charge on any atom is -0.480 e. The Morgan fingerprint density at radius 3 is 1.14 bits per heavy atom. The van der Waals surface area contributed by atoms with Crippen molar-refractivity contribution in [2.45, 2.75) is 20.8 Å². The van der Waals surface area contributed by atoms with Crippen LogP contribution in [0, 0.1) is 0 Å². The van der Waals surface area contributed by atoms with Crippen molar-refractivity contribution in [3.8, 4) is 0 Å². The maximum atomic E-state index is 9.12. The lowest BCUT2D eigenvalue weighted by Crippen LogP contribution is -1.98. The summed E-state index contributed by atoms with van der Waals surface area (Å²) in [7, 11) is 0. The quantitative estimate of drug-likeness (QED) is 0.643. The van der Waals surface area contributed by atoms with Gasteiger partial charge in [-0.25, -0.2) is 4.79 Å². The Balaban J connectivity index is -0.0000000495. The summed E-state index contributed by atoms with van der Waals surface area (Å²) in [6.45, 7) is 15.0. The highest BCUT2D eigenvalue weighted by Crippen LogP contribution is 1.48. The Labute approximate surface area is 87.1 Å². The highest BCUT2D eigenvalue weighted by molar-refractivity contribution is 5.67. The predicted octanol–water partition coefficient (Wildman–Crippen LogP) is 2.64. The predicted molar refractivity (Wildman–Crippen MR) is 62.3 cm³/mol. The summed E-state index contributed by atoms with van der Waals surface area (Å²) in [6, 6.07) is 0. The van der Waals surface area contributed by atoms with E-state index in [2.05, 4.69) is 19.7 Å². The molecule has 2 N–H and O–H groups in total. The summed E-state index contributed by atoms with van der Waals surface area (Å²) in [4.78, 5) is 9.12. The second-order valence-electron chi connectivity index (χ2n) is 1.78. The topological polar surface area (TPSA) is 57.5 Å². The molecule has 0 aromatic carbocycles. The Bertz CT molecular complexity index is 114. The van der Waals surface area contributed by atoms with E-state index in [0.29, 0.717) is 0 Å². The van der Waals surface area contributed by atoms with Gasteiger partial charge in [0.05, 0.1) is 0 Å². The molecule has 0 aliphatic carbocycles. The molecule has 0 amide bonds. The van der Waals surface area contributed by atoms with Gasteiger partial charge in [-0.2, -0.15) is 0 Å². The molecule has 0 saturated carbocycles. The van der Waals surface area contributed by atoms with Crippen molar-refractivity contribution >= 4 is 5.97 Å². The number of rotatable bonds is 1. The summed E-state index contributed by atoms with van der Waals surface area (Å²) in [5.41, 5.74) is 0. The molecule has 0 spiro atoms. The minimum atomic E-state index is -1.19. The fourth-order valence-electron chi connectivity index (χ4n) is 0. The van der Waals surface area contributed by atoms with Crippen molar-refractivity contribution in [1.82, 2.24) is 0 Å². The number of aliphatic hydroxyl groups is 1. The highest BCUT2D eigenvalue weighted by atomic mass is 16.4. The highest BCUT2D eigenvalue weighted by Gasteiger charge is 1.82. The van der Waals surface area contributed by atoms with E-state index in [0.717, 1.165) is 0 Å². The smallest absolute Gasteiger partial charge is 0.329 e. The van der Waals surface area contributed by atoms with Crippen LogP contribution in [0.25, 0.3) is 0 Å². The summed E-state index contributed by atoms with van der Waals surface area (Å²) < 4.78 is 0.